The van der Waals surface area contributed by atoms with Crippen LogP contribution in [0.3, 0.4) is 0 Å². The van der Waals surface area contributed by atoms with E-state index >= 15 is 0 Å². The maximum absolute atomic E-state index is 13.2. The van der Waals surface area contributed by atoms with Gasteiger partial charge in [0.15, 0.2) is 0 Å². The van der Waals surface area contributed by atoms with Gasteiger partial charge in [0.1, 0.15) is 0 Å². The maximum atomic E-state index is 13.2. The van der Waals surface area contributed by atoms with Crippen molar-refractivity contribution in [1.82, 2.24) is 4.90 Å². The number of halogens is 1. The highest BCUT2D eigenvalue weighted by Gasteiger charge is 2.32. The average Bonchev–Trinajstić information content (AvgIpc) is 1.85. The van der Waals surface area contributed by atoms with Gasteiger partial charge in [0, 0.05) is 12.6 Å². The van der Waals surface area contributed by atoms with Crippen molar-refractivity contribution in [3.63, 3.8) is 0 Å². The summed E-state index contributed by atoms with van der Waals surface area (Å²) in [6.45, 7) is 7.37. The third kappa shape index (κ3) is 2.42. The Bertz CT molecular complexity index is 136. The summed E-state index contributed by atoms with van der Waals surface area (Å²) in [5.41, 5.74) is 0. The Morgan fingerprint density at radius 2 is 2.18 bits per heavy atom. The van der Waals surface area contributed by atoms with Crippen molar-refractivity contribution in [2.45, 2.75) is 32.7 Å². The number of alkyl halides is 1. The second-order valence-corrected chi connectivity index (χ2v) is 3.51. The van der Waals surface area contributed by atoms with Crippen molar-refractivity contribution in [2.75, 3.05) is 19.7 Å². The van der Waals surface area contributed by atoms with Crippen LogP contribution in [0.1, 0.15) is 20.8 Å². The molecular weight excluding hydrogens is 145 g/mol. The molecule has 1 fully saturated rings. The summed E-state index contributed by atoms with van der Waals surface area (Å²) in [6.07, 6.45) is 0. The Balaban J connectivity index is 2.46. The van der Waals surface area contributed by atoms with Crippen LogP contribution in [-0.2, 0) is 4.74 Å². The first kappa shape index (κ1) is 8.94. The standard InChI is InChI=1S/C8H16FNO/c1-7(2)10-4-5-11-8(3,9)6-10/h7H,4-6H2,1-3H3. The summed E-state index contributed by atoms with van der Waals surface area (Å²) in [4.78, 5) is 2.09. The second-order valence-electron chi connectivity index (χ2n) is 3.51. The van der Waals surface area contributed by atoms with Crippen LogP contribution in [-0.4, -0.2) is 36.5 Å². The van der Waals surface area contributed by atoms with E-state index in [-0.39, 0.29) is 0 Å². The van der Waals surface area contributed by atoms with Crippen LogP contribution in [0.2, 0.25) is 0 Å². The van der Waals surface area contributed by atoms with Crippen molar-refractivity contribution in [3.05, 3.63) is 0 Å². The van der Waals surface area contributed by atoms with Gasteiger partial charge in [-0.25, -0.2) is 4.39 Å². The Morgan fingerprint density at radius 3 is 2.55 bits per heavy atom. The number of ether oxygens (including phenoxy) is 1. The van der Waals surface area contributed by atoms with E-state index in [0.717, 1.165) is 6.54 Å². The molecule has 0 radical (unpaired) electrons. The molecule has 0 aromatic carbocycles. The van der Waals surface area contributed by atoms with Crippen LogP contribution in [0.5, 0.6) is 0 Å². The van der Waals surface area contributed by atoms with Gasteiger partial charge in [-0.3, -0.25) is 4.90 Å². The predicted molar refractivity (Wildman–Crippen MR) is 42.2 cm³/mol. The van der Waals surface area contributed by atoms with Gasteiger partial charge < -0.3 is 4.74 Å². The zero-order chi connectivity index (χ0) is 8.48. The minimum absolute atomic E-state index is 0.394. The summed E-state index contributed by atoms with van der Waals surface area (Å²) >= 11 is 0. The Kier molecular flexibility index (Phi) is 2.50. The third-order valence-electron chi connectivity index (χ3n) is 2.00. The lowest BCUT2D eigenvalue weighted by molar-refractivity contribution is -0.182. The molecule has 0 aromatic rings. The molecular formula is C8H16FNO. The Labute approximate surface area is 67.3 Å². The molecule has 1 rings (SSSR count). The zero-order valence-corrected chi connectivity index (χ0v) is 7.43. The molecule has 1 heterocycles. The molecule has 1 saturated heterocycles. The molecule has 3 heteroatoms. The predicted octanol–water partition coefficient (Wildman–Crippen LogP) is 1.41. The van der Waals surface area contributed by atoms with Gasteiger partial charge in [0.2, 0.25) is 5.85 Å². The monoisotopic (exact) mass is 161 g/mol. The normalized spacial score (nSPS) is 34.6. The highest BCUT2D eigenvalue weighted by Crippen LogP contribution is 2.19. The first-order valence-corrected chi connectivity index (χ1v) is 4.08. The Morgan fingerprint density at radius 1 is 1.55 bits per heavy atom. The van der Waals surface area contributed by atoms with E-state index in [9.17, 15) is 4.39 Å². The van der Waals surface area contributed by atoms with Gasteiger partial charge in [-0.2, -0.15) is 0 Å². The van der Waals surface area contributed by atoms with E-state index in [4.69, 9.17) is 4.74 Å². The largest absolute Gasteiger partial charge is 0.344 e. The van der Waals surface area contributed by atoms with E-state index in [2.05, 4.69) is 18.7 Å². The lowest BCUT2D eigenvalue weighted by Crippen LogP contribution is -2.49. The first-order chi connectivity index (χ1) is 5.01. The topological polar surface area (TPSA) is 12.5 Å². The molecule has 0 spiro atoms. The molecule has 0 bridgehead atoms. The summed E-state index contributed by atoms with van der Waals surface area (Å²) in [6, 6.07) is 0.411. The highest BCUT2D eigenvalue weighted by atomic mass is 19.2. The number of morpholine rings is 1. The van der Waals surface area contributed by atoms with Crippen LogP contribution in [0.15, 0.2) is 0 Å². The van der Waals surface area contributed by atoms with Crippen molar-refractivity contribution in [3.8, 4) is 0 Å². The second kappa shape index (κ2) is 3.07. The summed E-state index contributed by atoms with van der Waals surface area (Å²) in [5, 5.41) is 0. The van der Waals surface area contributed by atoms with Crippen LogP contribution < -0.4 is 0 Å². The van der Waals surface area contributed by atoms with E-state index in [1.54, 1.807) is 0 Å². The number of nitrogens with zero attached hydrogens (tertiary/aromatic N) is 1. The molecule has 0 aliphatic carbocycles. The molecule has 1 aliphatic heterocycles. The molecule has 66 valence electrons. The van der Waals surface area contributed by atoms with Gasteiger partial charge in [-0.05, 0) is 20.8 Å². The number of hydrogen-bond acceptors (Lipinski definition) is 2. The van der Waals surface area contributed by atoms with Crippen LogP contribution in [0.4, 0.5) is 4.39 Å². The molecule has 11 heavy (non-hydrogen) atoms. The average molecular weight is 161 g/mol. The fraction of sp³-hybridized carbons (Fsp3) is 1.00. The summed E-state index contributed by atoms with van der Waals surface area (Å²) in [7, 11) is 0. The summed E-state index contributed by atoms with van der Waals surface area (Å²) < 4.78 is 18.2. The fourth-order valence-electron chi connectivity index (χ4n) is 1.30. The van der Waals surface area contributed by atoms with Crippen LogP contribution in [0.25, 0.3) is 0 Å². The molecule has 0 saturated carbocycles. The molecule has 1 unspecified atom stereocenters. The molecule has 1 atom stereocenters. The number of rotatable bonds is 1. The van der Waals surface area contributed by atoms with Crippen molar-refractivity contribution >= 4 is 0 Å². The van der Waals surface area contributed by atoms with E-state index < -0.39 is 5.85 Å². The van der Waals surface area contributed by atoms with Crippen LogP contribution >= 0.6 is 0 Å². The molecule has 0 N–H and O–H groups in total. The minimum atomic E-state index is -1.44. The van der Waals surface area contributed by atoms with Crippen LogP contribution in [0, 0.1) is 0 Å². The lowest BCUT2D eigenvalue weighted by atomic mass is 10.2. The minimum Gasteiger partial charge on any atom is -0.344 e. The van der Waals surface area contributed by atoms with Crippen molar-refractivity contribution < 1.29 is 9.13 Å². The van der Waals surface area contributed by atoms with Crippen molar-refractivity contribution in [1.29, 1.82) is 0 Å². The quantitative estimate of drug-likeness (QED) is 0.576. The maximum Gasteiger partial charge on any atom is 0.219 e. The zero-order valence-electron chi connectivity index (χ0n) is 7.43. The smallest absolute Gasteiger partial charge is 0.219 e. The molecule has 0 amide bonds. The van der Waals surface area contributed by atoms with Gasteiger partial charge in [0.05, 0.1) is 13.2 Å². The third-order valence-corrected chi connectivity index (χ3v) is 2.00. The highest BCUT2D eigenvalue weighted by molar-refractivity contribution is 4.75. The fourth-order valence-corrected chi connectivity index (χ4v) is 1.30. The Hall–Kier alpha value is -0.150. The summed E-state index contributed by atoms with van der Waals surface area (Å²) in [5.74, 6) is -1.44. The van der Waals surface area contributed by atoms with Gasteiger partial charge in [-0.15, -0.1) is 0 Å². The number of hydrogen-bond donors (Lipinski definition) is 0. The lowest BCUT2D eigenvalue weighted by Gasteiger charge is -2.37. The van der Waals surface area contributed by atoms with E-state index in [1.807, 2.05) is 0 Å². The first-order valence-electron chi connectivity index (χ1n) is 4.08. The SMILES string of the molecule is CC(C)N1CCOC(C)(F)C1. The van der Waals surface area contributed by atoms with E-state index in [1.165, 1.54) is 6.92 Å². The van der Waals surface area contributed by atoms with Crippen molar-refractivity contribution in [2.24, 2.45) is 0 Å². The molecule has 1 aliphatic rings. The van der Waals surface area contributed by atoms with Gasteiger partial charge >= 0.3 is 0 Å². The van der Waals surface area contributed by atoms with Gasteiger partial charge in [0.25, 0.3) is 0 Å². The molecule has 0 aromatic heterocycles. The molecule has 2 nitrogen and oxygen atoms in total. The van der Waals surface area contributed by atoms with Gasteiger partial charge in [-0.1, -0.05) is 0 Å². The van der Waals surface area contributed by atoms with E-state index in [0.29, 0.717) is 19.2 Å².